The van der Waals surface area contributed by atoms with Gasteiger partial charge in [-0.2, -0.15) is 0 Å². The van der Waals surface area contributed by atoms with Crippen LogP contribution in [0.5, 0.6) is 0 Å². The number of sulfonamides is 1. The van der Waals surface area contributed by atoms with Gasteiger partial charge in [-0.25, -0.2) is 8.42 Å². The zero-order valence-electron chi connectivity index (χ0n) is 21.6. The minimum atomic E-state index is -3.99. The van der Waals surface area contributed by atoms with E-state index >= 15 is 0 Å². The van der Waals surface area contributed by atoms with E-state index in [4.69, 9.17) is 0 Å². The number of amides is 1. The van der Waals surface area contributed by atoms with Crippen molar-refractivity contribution in [1.82, 2.24) is 9.13 Å². The molecule has 2 N–H and O–H groups in total. The van der Waals surface area contributed by atoms with Gasteiger partial charge in [0.1, 0.15) is 0 Å². The Hall–Kier alpha value is -3.60. The van der Waals surface area contributed by atoms with Crippen LogP contribution >= 0.6 is 0 Å². The van der Waals surface area contributed by atoms with Crippen LogP contribution in [0.3, 0.4) is 0 Å². The molecule has 0 saturated carbocycles. The first kappa shape index (κ1) is 26.5. The maximum Gasteiger partial charge on any atom is 0.316 e. The molecule has 1 saturated heterocycles. The second-order valence-electron chi connectivity index (χ2n) is 9.91. The summed E-state index contributed by atoms with van der Waals surface area (Å²) < 4.78 is 32.0. The van der Waals surface area contributed by atoms with Crippen molar-refractivity contribution in [3.8, 4) is 0 Å². The number of benzene rings is 2. The first-order chi connectivity index (χ1) is 17.5. The van der Waals surface area contributed by atoms with Gasteiger partial charge in [-0.05, 0) is 61.6 Å². The molecule has 0 atom stereocenters. The van der Waals surface area contributed by atoms with Gasteiger partial charge >= 0.3 is 11.1 Å². The molecule has 0 unspecified atom stereocenters. The molecule has 0 bridgehead atoms. The lowest BCUT2D eigenvalue weighted by molar-refractivity contribution is -0.116. The predicted octanol–water partition coefficient (Wildman–Crippen LogP) is 3.01. The molecule has 11 heteroatoms. The number of nitrogens with one attached hydrogen (secondary N) is 2. The number of hydrogen-bond donors (Lipinski definition) is 2. The Balaban J connectivity index is 1.73. The van der Waals surface area contributed by atoms with Gasteiger partial charge in [0.05, 0.1) is 27.3 Å². The third-order valence-corrected chi connectivity index (χ3v) is 7.97. The maximum atomic E-state index is 13.4. The fraction of sp³-hybridized carbons (Fsp3) is 0.423. The van der Waals surface area contributed by atoms with Crippen LogP contribution in [-0.4, -0.2) is 36.5 Å². The quantitative estimate of drug-likeness (QED) is 0.456. The number of piperidine rings is 1. The number of nitrogens with zero attached hydrogens (tertiary/aromatic N) is 3. The van der Waals surface area contributed by atoms with E-state index in [0.29, 0.717) is 34.5 Å². The number of aromatic nitrogens is 2. The molecule has 1 aliphatic rings. The first-order valence-electron chi connectivity index (χ1n) is 12.4. The van der Waals surface area contributed by atoms with E-state index in [0.717, 1.165) is 32.4 Å². The van der Waals surface area contributed by atoms with Crippen LogP contribution in [0.25, 0.3) is 11.0 Å². The van der Waals surface area contributed by atoms with Crippen LogP contribution < -0.4 is 26.1 Å². The lowest BCUT2D eigenvalue weighted by Crippen LogP contribution is -2.39. The summed E-state index contributed by atoms with van der Waals surface area (Å²) in [6.07, 6.45) is 3.41. The lowest BCUT2D eigenvalue weighted by atomic mass is 10.1. The van der Waals surface area contributed by atoms with Gasteiger partial charge < -0.3 is 19.4 Å². The van der Waals surface area contributed by atoms with Crippen LogP contribution in [0.2, 0.25) is 0 Å². The SMILES string of the molecule is CC(C)CC(=O)Nc1ccc(S(=O)(=O)Nc2cc3c(cc2N2CCCCC2)n(C)c(=O)c(=O)n3C)cc1. The molecule has 0 radical (unpaired) electrons. The molecule has 3 aromatic rings. The summed E-state index contributed by atoms with van der Waals surface area (Å²) in [6.45, 7) is 5.40. The van der Waals surface area contributed by atoms with Crippen molar-refractivity contribution in [3.05, 3.63) is 57.1 Å². The number of fused-ring (bicyclic) bond motifs is 1. The van der Waals surface area contributed by atoms with E-state index in [1.807, 2.05) is 13.8 Å². The van der Waals surface area contributed by atoms with E-state index in [9.17, 15) is 22.8 Å². The minimum absolute atomic E-state index is 0.0356. The molecule has 4 rings (SSSR count). The number of aryl methyl sites for hydroxylation is 2. The molecule has 37 heavy (non-hydrogen) atoms. The van der Waals surface area contributed by atoms with Gasteiger partial charge in [0, 0.05) is 39.3 Å². The summed E-state index contributed by atoms with van der Waals surface area (Å²) >= 11 is 0. The van der Waals surface area contributed by atoms with Crippen LogP contribution in [-0.2, 0) is 28.9 Å². The van der Waals surface area contributed by atoms with E-state index in [1.54, 1.807) is 24.3 Å². The smallest absolute Gasteiger partial charge is 0.316 e. The highest BCUT2D eigenvalue weighted by molar-refractivity contribution is 7.92. The van der Waals surface area contributed by atoms with Crippen molar-refractivity contribution in [2.24, 2.45) is 20.0 Å². The molecule has 0 spiro atoms. The summed E-state index contributed by atoms with van der Waals surface area (Å²) in [5.41, 5.74) is 1.14. The highest BCUT2D eigenvalue weighted by Crippen LogP contribution is 2.34. The van der Waals surface area contributed by atoms with Crippen molar-refractivity contribution < 1.29 is 13.2 Å². The molecule has 198 valence electrons. The predicted molar refractivity (Wildman–Crippen MR) is 146 cm³/mol. The zero-order valence-corrected chi connectivity index (χ0v) is 22.4. The van der Waals surface area contributed by atoms with E-state index in [-0.39, 0.29) is 16.7 Å². The van der Waals surface area contributed by atoms with Crippen molar-refractivity contribution in [1.29, 1.82) is 0 Å². The number of rotatable bonds is 7. The molecule has 1 fully saturated rings. The van der Waals surface area contributed by atoms with Crippen molar-refractivity contribution in [2.75, 3.05) is 28.0 Å². The number of carbonyl (C=O) groups is 1. The number of carbonyl (C=O) groups excluding carboxylic acids is 1. The van der Waals surface area contributed by atoms with E-state index in [1.165, 1.54) is 35.4 Å². The Labute approximate surface area is 216 Å². The normalized spacial score (nSPS) is 14.2. The van der Waals surface area contributed by atoms with E-state index < -0.39 is 21.1 Å². The van der Waals surface area contributed by atoms with E-state index in [2.05, 4.69) is 14.9 Å². The largest absolute Gasteiger partial charge is 0.370 e. The molecule has 10 nitrogen and oxygen atoms in total. The highest BCUT2D eigenvalue weighted by Gasteiger charge is 2.22. The van der Waals surface area contributed by atoms with Gasteiger partial charge in [0.2, 0.25) is 5.91 Å². The summed E-state index contributed by atoms with van der Waals surface area (Å²) in [7, 11) is -0.958. The number of hydrogen-bond acceptors (Lipinski definition) is 6. The van der Waals surface area contributed by atoms with Gasteiger partial charge in [-0.1, -0.05) is 13.8 Å². The first-order valence-corrected chi connectivity index (χ1v) is 13.9. The summed E-state index contributed by atoms with van der Waals surface area (Å²) in [4.78, 5) is 39.0. The molecular formula is C26H33N5O5S. The second kappa shape index (κ2) is 10.4. The fourth-order valence-electron chi connectivity index (χ4n) is 4.59. The second-order valence-corrected chi connectivity index (χ2v) is 11.6. The molecule has 2 heterocycles. The summed E-state index contributed by atoms with van der Waals surface area (Å²) in [5.74, 6) is 0.0768. The summed E-state index contributed by atoms with van der Waals surface area (Å²) in [5, 5.41) is 2.77. The molecule has 1 amide bonds. The van der Waals surface area contributed by atoms with Crippen LogP contribution in [0.4, 0.5) is 17.1 Å². The van der Waals surface area contributed by atoms with Crippen molar-refractivity contribution in [2.45, 2.75) is 44.4 Å². The summed E-state index contributed by atoms with van der Waals surface area (Å²) in [6, 6.07) is 9.37. The molecule has 0 aliphatic carbocycles. The minimum Gasteiger partial charge on any atom is -0.370 e. The van der Waals surface area contributed by atoms with Gasteiger partial charge in [0.15, 0.2) is 0 Å². The standard InChI is InChI=1S/C26H33N5O5S/c1-17(2)14-24(32)27-18-8-10-19(11-9-18)37(35,36)28-20-15-22-23(30(4)26(34)25(33)29(22)3)16-21(20)31-12-6-5-7-13-31/h8-11,15-17,28H,5-7,12-14H2,1-4H3,(H,27,32). The molecule has 1 aromatic heterocycles. The average molecular weight is 528 g/mol. The van der Waals surface area contributed by atoms with Crippen molar-refractivity contribution >= 4 is 44.0 Å². The fourth-order valence-corrected chi connectivity index (χ4v) is 5.66. The molecular weight excluding hydrogens is 494 g/mol. The Morgan fingerprint density at radius 1 is 0.919 bits per heavy atom. The van der Waals surface area contributed by atoms with Crippen LogP contribution in [0.15, 0.2) is 50.9 Å². The van der Waals surface area contributed by atoms with Crippen LogP contribution in [0.1, 0.15) is 39.5 Å². The van der Waals surface area contributed by atoms with Crippen LogP contribution in [0, 0.1) is 5.92 Å². The monoisotopic (exact) mass is 527 g/mol. The van der Waals surface area contributed by atoms with Gasteiger partial charge in [-0.3, -0.25) is 19.1 Å². The lowest BCUT2D eigenvalue weighted by Gasteiger charge is -2.31. The highest BCUT2D eigenvalue weighted by atomic mass is 32.2. The third kappa shape index (κ3) is 5.56. The van der Waals surface area contributed by atoms with Crippen molar-refractivity contribution in [3.63, 3.8) is 0 Å². The maximum absolute atomic E-state index is 13.4. The number of anilines is 3. The third-order valence-electron chi connectivity index (χ3n) is 6.59. The zero-order chi connectivity index (χ0) is 26.9. The van der Waals surface area contributed by atoms with Gasteiger partial charge in [0.25, 0.3) is 10.0 Å². The molecule has 1 aliphatic heterocycles. The Bertz CT molecular complexity index is 1550. The molecule has 2 aromatic carbocycles. The average Bonchev–Trinajstić information content (AvgIpc) is 2.86. The Kier molecular flexibility index (Phi) is 7.44. The van der Waals surface area contributed by atoms with Gasteiger partial charge in [-0.15, -0.1) is 0 Å². The Morgan fingerprint density at radius 2 is 1.49 bits per heavy atom. The Morgan fingerprint density at radius 3 is 2.05 bits per heavy atom. The topological polar surface area (TPSA) is 123 Å².